The fourth-order valence-corrected chi connectivity index (χ4v) is 3.27. The van der Waals surface area contributed by atoms with E-state index in [2.05, 4.69) is 25.5 Å². The monoisotopic (exact) mass is 384 g/mol. The highest BCUT2D eigenvalue weighted by molar-refractivity contribution is 5.90. The fourth-order valence-electron chi connectivity index (χ4n) is 3.27. The molecular weight excluding hydrogens is 360 g/mol. The Balaban J connectivity index is 1.35. The summed E-state index contributed by atoms with van der Waals surface area (Å²) >= 11 is 0. The number of nitrogens with zero attached hydrogens (tertiary/aromatic N) is 4. The minimum absolute atomic E-state index is 0.120. The van der Waals surface area contributed by atoms with Crippen LogP contribution in [0.4, 0.5) is 22.2 Å². The second kappa shape index (κ2) is 7.79. The highest BCUT2D eigenvalue weighted by Gasteiger charge is 2.23. The number of hydrogen-bond donors (Lipinski definition) is 2. The first kappa shape index (κ1) is 18.1. The molecule has 2 N–H and O–H groups in total. The first-order valence-electron chi connectivity index (χ1n) is 9.42. The summed E-state index contributed by atoms with van der Waals surface area (Å²) in [6.45, 7) is 7.65. The first-order valence-corrected chi connectivity index (χ1v) is 9.42. The van der Waals surface area contributed by atoms with Gasteiger partial charge in [0, 0.05) is 56.2 Å². The van der Waals surface area contributed by atoms with Crippen molar-refractivity contribution in [2.24, 2.45) is 0 Å². The molecule has 2 aliphatic rings. The lowest BCUT2D eigenvalue weighted by Crippen LogP contribution is -2.50. The average molecular weight is 384 g/mol. The van der Waals surface area contributed by atoms with E-state index in [1.54, 1.807) is 17.0 Å². The van der Waals surface area contributed by atoms with Gasteiger partial charge in [-0.3, -0.25) is 0 Å². The molecule has 0 bridgehead atoms. The van der Waals surface area contributed by atoms with Gasteiger partial charge in [-0.1, -0.05) is 0 Å². The molecule has 9 nitrogen and oxygen atoms in total. The number of ether oxygens (including phenoxy) is 2. The fraction of sp³-hybridized carbons (Fsp3) is 0.421. The highest BCUT2D eigenvalue weighted by Crippen LogP contribution is 2.34. The Kier molecular flexibility index (Phi) is 5.05. The molecule has 0 radical (unpaired) electrons. The van der Waals surface area contributed by atoms with Crippen molar-refractivity contribution in [2.45, 2.75) is 13.8 Å². The quantitative estimate of drug-likeness (QED) is 0.836. The second-order valence-corrected chi connectivity index (χ2v) is 6.69. The van der Waals surface area contributed by atoms with Crippen LogP contribution in [-0.2, 0) is 0 Å². The molecule has 0 spiro atoms. The van der Waals surface area contributed by atoms with Crippen LogP contribution in [0.5, 0.6) is 11.5 Å². The van der Waals surface area contributed by atoms with E-state index in [0.717, 1.165) is 31.1 Å². The first-order chi connectivity index (χ1) is 13.6. The van der Waals surface area contributed by atoms with E-state index < -0.39 is 0 Å². The van der Waals surface area contributed by atoms with Gasteiger partial charge >= 0.3 is 6.03 Å². The SMILES string of the molecule is CCNc1nc(C)cc(N2CCN(C(=O)Nc3ccc4c(c3)OCO4)CC2)n1. The molecule has 0 unspecified atom stereocenters. The molecule has 1 aromatic carbocycles. The molecule has 1 aromatic heterocycles. The summed E-state index contributed by atoms with van der Waals surface area (Å²) in [5.41, 5.74) is 1.61. The molecular formula is C19H24N6O3. The predicted octanol–water partition coefficient (Wildman–Crippen LogP) is 2.30. The van der Waals surface area contributed by atoms with Crippen LogP contribution in [0.1, 0.15) is 12.6 Å². The van der Waals surface area contributed by atoms with Gasteiger partial charge in [-0.2, -0.15) is 4.98 Å². The predicted molar refractivity (Wildman–Crippen MR) is 106 cm³/mol. The summed E-state index contributed by atoms with van der Waals surface area (Å²) in [5, 5.41) is 6.09. The third-order valence-electron chi connectivity index (χ3n) is 4.69. The van der Waals surface area contributed by atoms with Gasteiger partial charge in [0.15, 0.2) is 11.5 Å². The van der Waals surface area contributed by atoms with Crippen LogP contribution in [-0.4, -0.2) is 60.4 Å². The molecule has 2 aromatic rings. The number of aryl methyl sites for hydroxylation is 1. The molecule has 148 valence electrons. The molecule has 4 rings (SSSR count). The molecule has 1 fully saturated rings. The number of urea groups is 1. The maximum Gasteiger partial charge on any atom is 0.321 e. The van der Waals surface area contributed by atoms with E-state index in [1.807, 2.05) is 26.0 Å². The van der Waals surface area contributed by atoms with E-state index in [4.69, 9.17) is 9.47 Å². The van der Waals surface area contributed by atoms with Crippen LogP contribution in [0.2, 0.25) is 0 Å². The Morgan fingerprint density at radius 1 is 1.11 bits per heavy atom. The summed E-state index contributed by atoms with van der Waals surface area (Å²) in [6, 6.07) is 7.25. The number of aromatic nitrogens is 2. The number of anilines is 3. The normalized spacial score (nSPS) is 15.5. The van der Waals surface area contributed by atoms with E-state index in [0.29, 0.717) is 36.2 Å². The van der Waals surface area contributed by atoms with Crippen LogP contribution >= 0.6 is 0 Å². The Morgan fingerprint density at radius 3 is 2.68 bits per heavy atom. The summed E-state index contributed by atoms with van der Waals surface area (Å²) in [6.07, 6.45) is 0. The molecule has 9 heteroatoms. The van der Waals surface area contributed by atoms with Gasteiger partial charge in [0.25, 0.3) is 0 Å². The number of piperazine rings is 1. The summed E-state index contributed by atoms with van der Waals surface area (Å²) in [5.74, 6) is 2.88. The third kappa shape index (κ3) is 3.88. The van der Waals surface area contributed by atoms with Crippen LogP contribution in [0.25, 0.3) is 0 Å². The standard InChI is InChI=1S/C19H24N6O3/c1-3-20-18-21-13(2)10-17(23-18)24-6-8-25(9-7-24)19(26)22-14-4-5-15-16(11-14)28-12-27-15/h4-5,10-11H,3,6-9,12H2,1-2H3,(H,22,26)(H,20,21,23). The van der Waals surface area contributed by atoms with Crippen molar-refractivity contribution in [1.82, 2.24) is 14.9 Å². The summed E-state index contributed by atoms with van der Waals surface area (Å²) in [4.78, 5) is 25.5. The van der Waals surface area contributed by atoms with Crippen molar-refractivity contribution in [1.29, 1.82) is 0 Å². The number of amides is 2. The zero-order valence-electron chi connectivity index (χ0n) is 16.1. The Hall–Kier alpha value is -3.23. The van der Waals surface area contributed by atoms with Gasteiger partial charge < -0.3 is 29.9 Å². The van der Waals surface area contributed by atoms with Crippen molar-refractivity contribution in [3.05, 3.63) is 30.0 Å². The number of nitrogens with one attached hydrogen (secondary N) is 2. The lowest BCUT2D eigenvalue weighted by atomic mass is 10.2. The third-order valence-corrected chi connectivity index (χ3v) is 4.69. The number of carbonyl (C=O) groups excluding carboxylic acids is 1. The van der Waals surface area contributed by atoms with Gasteiger partial charge in [-0.15, -0.1) is 0 Å². The van der Waals surface area contributed by atoms with Crippen molar-refractivity contribution in [3.8, 4) is 11.5 Å². The van der Waals surface area contributed by atoms with Crippen molar-refractivity contribution in [3.63, 3.8) is 0 Å². The van der Waals surface area contributed by atoms with E-state index >= 15 is 0 Å². The molecule has 2 aliphatic heterocycles. The van der Waals surface area contributed by atoms with Crippen LogP contribution in [0.15, 0.2) is 24.3 Å². The highest BCUT2D eigenvalue weighted by atomic mass is 16.7. The number of carbonyl (C=O) groups is 1. The van der Waals surface area contributed by atoms with Crippen molar-refractivity contribution < 1.29 is 14.3 Å². The zero-order chi connectivity index (χ0) is 19.5. The van der Waals surface area contributed by atoms with Gasteiger partial charge in [0.2, 0.25) is 12.7 Å². The van der Waals surface area contributed by atoms with Crippen molar-refractivity contribution in [2.75, 3.05) is 55.1 Å². The van der Waals surface area contributed by atoms with E-state index in [1.165, 1.54) is 0 Å². The molecule has 2 amide bonds. The van der Waals surface area contributed by atoms with Crippen LogP contribution in [0.3, 0.4) is 0 Å². The van der Waals surface area contributed by atoms with Crippen molar-refractivity contribution >= 4 is 23.5 Å². The summed E-state index contributed by atoms with van der Waals surface area (Å²) < 4.78 is 10.6. The Morgan fingerprint density at radius 2 is 1.89 bits per heavy atom. The Labute approximate surface area is 163 Å². The van der Waals surface area contributed by atoms with Gasteiger partial charge in [0.05, 0.1) is 0 Å². The number of benzene rings is 1. The molecule has 0 saturated carbocycles. The molecule has 1 saturated heterocycles. The molecule has 0 aliphatic carbocycles. The van der Waals surface area contributed by atoms with Gasteiger partial charge in [-0.05, 0) is 26.0 Å². The average Bonchev–Trinajstić information content (AvgIpc) is 3.16. The zero-order valence-corrected chi connectivity index (χ0v) is 16.1. The van der Waals surface area contributed by atoms with E-state index in [-0.39, 0.29) is 12.8 Å². The second-order valence-electron chi connectivity index (χ2n) is 6.69. The topological polar surface area (TPSA) is 91.9 Å². The minimum Gasteiger partial charge on any atom is -0.454 e. The largest absolute Gasteiger partial charge is 0.454 e. The summed E-state index contributed by atoms with van der Waals surface area (Å²) in [7, 11) is 0. The Bertz CT molecular complexity index is 867. The number of fused-ring (bicyclic) bond motifs is 1. The molecule has 28 heavy (non-hydrogen) atoms. The smallest absolute Gasteiger partial charge is 0.321 e. The maximum absolute atomic E-state index is 12.6. The maximum atomic E-state index is 12.6. The lowest BCUT2D eigenvalue weighted by molar-refractivity contribution is 0.174. The molecule has 0 atom stereocenters. The number of hydrogen-bond acceptors (Lipinski definition) is 7. The van der Waals surface area contributed by atoms with Crippen LogP contribution in [0, 0.1) is 6.92 Å². The van der Waals surface area contributed by atoms with E-state index in [9.17, 15) is 4.79 Å². The van der Waals surface area contributed by atoms with Crippen LogP contribution < -0.4 is 25.0 Å². The van der Waals surface area contributed by atoms with Gasteiger partial charge in [-0.25, -0.2) is 9.78 Å². The minimum atomic E-state index is -0.120. The number of rotatable bonds is 4. The lowest BCUT2D eigenvalue weighted by Gasteiger charge is -2.35. The molecule has 3 heterocycles. The van der Waals surface area contributed by atoms with Gasteiger partial charge in [0.1, 0.15) is 5.82 Å².